The number of amides is 1. The molecule has 2 aromatic carbocycles. The topological polar surface area (TPSA) is 41.6 Å². The first-order valence-corrected chi connectivity index (χ1v) is 9.33. The molecule has 3 rings (SSSR count). The van der Waals surface area contributed by atoms with Gasteiger partial charge in [-0.1, -0.05) is 23.7 Å². The Morgan fingerprint density at radius 1 is 1.15 bits per heavy atom. The van der Waals surface area contributed by atoms with E-state index in [4.69, 9.17) is 16.3 Å². The highest BCUT2D eigenvalue weighted by molar-refractivity contribution is 6.31. The Labute approximate surface area is 160 Å². The highest BCUT2D eigenvalue weighted by Crippen LogP contribution is 2.20. The van der Waals surface area contributed by atoms with Crippen LogP contribution in [-0.2, 0) is 11.3 Å². The van der Waals surface area contributed by atoms with Gasteiger partial charge in [0.1, 0.15) is 0 Å². The average molecular weight is 373 g/mol. The molecule has 0 bridgehead atoms. The molecule has 1 saturated heterocycles. The van der Waals surface area contributed by atoms with E-state index >= 15 is 0 Å². The number of ether oxygens (including phenoxy) is 1. The summed E-state index contributed by atoms with van der Waals surface area (Å²) in [7, 11) is 0. The summed E-state index contributed by atoms with van der Waals surface area (Å²) in [5.74, 6) is -0.119. The van der Waals surface area contributed by atoms with Crippen LogP contribution in [0.1, 0.15) is 35.3 Å². The van der Waals surface area contributed by atoms with E-state index in [9.17, 15) is 4.79 Å². The molecule has 2 atom stereocenters. The van der Waals surface area contributed by atoms with E-state index in [0.717, 1.165) is 30.9 Å². The third-order valence-electron chi connectivity index (χ3n) is 4.53. The zero-order chi connectivity index (χ0) is 18.7. The van der Waals surface area contributed by atoms with Crippen LogP contribution in [0, 0.1) is 6.92 Å². The van der Waals surface area contributed by atoms with Crippen LogP contribution in [0.25, 0.3) is 0 Å². The van der Waals surface area contributed by atoms with Crippen molar-refractivity contribution in [2.45, 2.75) is 39.5 Å². The number of hydrogen-bond acceptors (Lipinski definition) is 3. The van der Waals surface area contributed by atoms with Gasteiger partial charge in [-0.05, 0) is 62.2 Å². The van der Waals surface area contributed by atoms with E-state index in [1.54, 1.807) is 6.07 Å². The molecule has 0 saturated carbocycles. The van der Waals surface area contributed by atoms with Gasteiger partial charge in [0.05, 0.1) is 12.2 Å². The van der Waals surface area contributed by atoms with Gasteiger partial charge in [0.2, 0.25) is 0 Å². The zero-order valence-electron chi connectivity index (χ0n) is 15.5. The van der Waals surface area contributed by atoms with E-state index < -0.39 is 0 Å². The summed E-state index contributed by atoms with van der Waals surface area (Å²) < 4.78 is 5.77. The van der Waals surface area contributed by atoms with Crippen molar-refractivity contribution in [3.8, 4) is 0 Å². The molecule has 5 heteroatoms. The normalized spacial score (nSPS) is 20.8. The van der Waals surface area contributed by atoms with Crippen LogP contribution in [0.5, 0.6) is 0 Å². The third kappa shape index (κ3) is 4.85. The second-order valence-electron chi connectivity index (χ2n) is 7.07. The standard InChI is InChI=1S/C21H25ClN2O2/c1-14-10-19(8-9-20(14)22)23-21(25)18-6-4-17(5-7-18)13-24-11-15(2)26-16(3)12-24/h4-10,15-16H,11-13H2,1-3H3,(H,23,25)/t15-,16+. The SMILES string of the molecule is Cc1cc(NC(=O)c2ccc(CN3C[C@@H](C)O[C@@H](C)C3)cc2)ccc1Cl. The first-order chi connectivity index (χ1) is 12.4. The molecule has 1 fully saturated rings. The maximum atomic E-state index is 12.4. The van der Waals surface area contributed by atoms with Gasteiger partial charge in [-0.3, -0.25) is 9.69 Å². The van der Waals surface area contributed by atoms with Crippen LogP contribution >= 0.6 is 11.6 Å². The summed E-state index contributed by atoms with van der Waals surface area (Å²) in [6.07, 6.45) is 0.512. The summed E-state index contributed by atoms with van der Waals surface area (Å²) in [6.45, 7) is 8.87. The Hall–Kier alpha value is -1.88. The van der Waals surface area contributed by atoms with Gasteiger partial charge in [0.25, 0.3) is 5.91 Å². The number of anilines is 1. The lowest BCUT2D eigenvalue weighted by Crippen LogP contribution is -2.44. The molecular weight excluding hydrogens is 348 g/mol. The molecule has 1 aliphatic rings. The Morgan fingerprint density at radius 3 is 2.42 bits per heavy atom. The fraction of sp³-hybridized carbons (Fsp3) is 0.381. The van der Waals surface area contributed by atoms with Crippen LogP contribution in [0.2, 0.25) is 5.02 Å². The molecule has 1 aliphatic heterocycles. The van der Waals surface area contributed by atoms with Crippen molar-refractivity contribution < 1.29 is 9.53 Å². The van der Waals surface area contributed by atoms with Crippen molar-refractivity contribution in [2.75, 3.05) is 18.4 Å². The van der Waals surface area contributed by atoms with Crippen LogP contribution in [0.15, 0.2) is 42.5 Å². The predicted octanol–water partition coefficient (Wildman–Crippen LogP) is 4.51. The molecule has 0 radical (unpaired) electrons. The Balaban J connectivity index is 1.61. The fourth-order valence-electron chi connectivity index (χ4n) is 3.36. The van der Waals surface area contributed by atoms with Crippen molar-refractivity contribution in [3.05, 3.63) is 64.2 Å². The van der Waals surface area contributed by atoms with E-state index in [-0.39, 0.29) is 18.1 Å². The minimum Gasteiger partial charge on any atom is -0.373 e. The fourth-order valence-corrected chi connectivity index (χ4v) is 3.48. The Kier molecular flexibility index (Phi) is 5.97. The minimum absolute atomic E-state index is 0.119. The highest BCUT2D eigenvalue weighted by Gasteiger charge is 2.22. The second kappa shape index (κ2) is 8.21. The van der Waals surface area contributed by atoms with Gasteiger partial charge in [0.15, 0.2) is 0 Å². The van der Waals surface area contributed by atoms with Crippen LogP contribution < -0.4 is 5.32 Å². The van der Waals surface area contributed by atoms with Crippen LogP contribution in [0.3, 0.4) is 0 Å². The van der Waals surface area contributed by atoms with Crippen LogP contribution in [-0.4, -0.2) is 36.1 Å². The smallest absolute Gasteiger partial charge is 0.255 e. The van der Waals surface area contributed by atoms with Gasteiger partial charge < -0.3 is 10.1 Å². The number of nitrogens with zero attached hydrogens (tertiary/aromatic N) is 1. The first kappa shape index (κ1) is 18.9. The maximum Gasteiger partial charge on any atom is 0.255 e. The summed E-state index contributed by atoms with van der Waals surface area (Å²) in [4.78, 5) is 14.8. The monoisotopic (exact) mass is 372 g/mol. The van der Waals surface area contributed by atoms with Crippen LogP contribution in [0.4, 0.5) is 5.69 Å². The second-order valence-corrected chi connectivity index (χ2v) is 7.47. The van der Waals surface area contributed by atoms with Crippen molar-refractivity contribution in [1.82, 2.24) is 4.90 Å². The molecule has 1 amide bonds. The van der Waals surface area contributed by atoms with Crippen molar-refractivity contribution >= 4 is 23.2 Å². The molecule has 1 heterocycles. The number of nitrogens with one attached hydrogen (secondary N) is 1. The molecule has 0 unspecified atom stereocenters. The lowest BCUT2D eigenvalue weighted by Gasteiger charge is -2.35. The number of aryl methyl sites for hydroxylation is 1. The number of morpholine rings is 1. The largest absolute Gasteiger partial charge is 0.373 e. The molecule has 138 valence electrons. The summed E-state index contributed by atoms with van der Waals surface area (Å²) in [5.41, 5.74) is 3.53. The predicted molar refractivity (Wildman–Crippen MR) is 106 cm³/mol. The molecular formula is C21H25ClN2O2. The minimum atomic E-state index is -0.119. The van der Waals surface area contributed by atoms with E-state index in [1.807, 2.05) is 43.3 Å². The maximum absolute atomic E-state index is 12.4. The van der Waals surface area contributed by atoms with Gasteiger partial charge >= 0.3 is 0 Å². The van der Waals surface area contributed by atoms with Crippen molar-refractivity contribution in [2.24, 2.45) is 0 Å². The number of carbonyl (C=O) groups is 1. The molecule has 0 aromatic heterocycles. The van der Waals surface area contributed by atoms with Gasteiger partial charge in [-0.15, -0.1) is 0 Å². The zero-order valence-corrected chi connectivity index (χ0v) is 16.2. The molecule has 1 N–H and O–H groups in total. The number of benzene rings is 2. The quantitative estimate of drug-likeness (QED) is 0.858. The average Bonchev–Trinajstić information content (AvgIpc) is 2.58. The van der Waals surface area contributed by atoms with Crippen molar-refractivity contribution in [3.63, 3.8) is 0 Å². The summed E-state index contributed by atoms with van der Waals surface area (Å²) >= 11 is 6.03. The van der Waals surface area contributed by atoms with Gasteiger partial charge in [0, 0.05) is 35.9 Å². The molecule has 26 heavy (non-hydrogen) atoms. The number of hydrogen-bond donors (Lipinski definition) is 1. The Morgan fingerprint density at radius 2 is 1.81 bits per heavy atom. The number of rotatable bonds is 4. The molecule has 0 spiro atoms. The molecule has 0 aliphatic carbocycles. The summed E-state index contributed by atoms with van der Waals surface area (Å²) in [5, 5.41) is 3.61. The van der Waals surface area contributed by atoms with E-state index in [2.05, 4.69) is 24.1 Å². The van der Waals surface area contributed by atoms with Crippen molar-refractivity contribution in [1.29, 1.82) is 0 Å². The van der Waals surface area contributed by atoms with Gasteiger partial charge in [-0.2, -0.15) is 0 Å². The van der Waals surface area contributed by atoms with E-state index in [1.165, 1.54) is 5.56 Å². The Bertz CT molecular complexity index is 766. The first-order valence-electron chi connectivity index (χ1n) is 8.95. The highest BCUT2D eigenvalue weighted by atomic mass is 35.5. The number of halogens is 1. The number of carbonyl (C=O) groups excluding carboxylic acids is 1. The third-order valence-corrected chi connectivity index (χ3v) is 4.96. The lowest BCUT2D eigenvalue weighted by atomic mass is 10.1. The lowest BCUT2D eigenvalue weighted by molar-refractivity contribution is -0.0704. The van der Waals surface area contributed by atoms with Gasteiger partial charge in [-0.25, -0.2) is 0 Å². The molecule has 2 aromatic rings. The molecule has 4 nitrogen and oxygen atoms in total. The van der Waals surface area contributed by atoms with E-state index in [0.29, 0.717) is 10.6 Å². The summed E-state index contributed by atoms with van der Waals surface area (Å²) in [6, 6.07) is 13.3.